The van der Waals surface area contributed by atoms with E-state index < -0.39 is 0 Å². The zero-order valence-corrected chi connectivity index (χ0v) is 9.53. The minimum absolute atomic E-state index is 0.0831. The molecule has 0 aromatic heterocycles. The first-order valence-electron chi connectivity index (χ1n) is 5.96. The highest BCUT2D eigenvalue weighted by Crippen LogP contribution is 2.53. The molecule has 0 radical (unpaired) electrons. The molecule has 0 aliphatic heterocycles. The van der Waals surface area contributed by atoms with Crippen molar-refractivity contribution in [3.05, 3.63) is 11.6 Å². The van der Waals surface area contributed by atoms with Gasteiger partial charge in [-0.2, -0.15) is 0 Å². The largest absolute Gasteiger partial charge is 0.393 e. The van der Waals surface area contributed by atoms with E-state index in [1.165, 1.54) is 19.3 Å². The molecule has 2 fully saturated rings. The number of aliphatic hydroxyl groups is 1. The van der Waals surface area contributed by atoms with Gasteiger partial charge in [-0.25, -0.2) is 0 Å². The second kappa shape index (κ2) is 3.69. The van der Waals surface area contributed by atoms with E-state index in [0.29, 0.717) is 17.8 Å². The summed E-state index contributed by atoms with van der Waals surface area (Å²) >= 11 is 0. The van der Waals surface area contributed by atoms with Crippen molar-refractivity contribution < 1.29 is 5.11 Å². The Morgan fingerprint density at radius 3 is 2.57 bits per heavy atom. The third-order valence-electron chi connectivity index (χ3n) is 4.20. The zero-order valence-electron chi connectivity index (χ0n) is 9.53. The monoisotopic (exact) mass is 194 g/mol. The molecule has 0 aromatic rings. The van der Waals surface area contributed by atoms with Gasteiger partial charge in [-0.05, 0) is 49.9 Å². The third kappa shape index (κ3) is 1.52. The van der Waals surface area contributed by atoms with Crippen LogP contribution in [-0.4, -0.2) is 11.2 Å². The van der Waals surface area contributed by atoms with Crippen LogP contribution < -0.4 is 0 Å². The first-order valence-corrected chi connectivity index (χ1v) is 5.96. The summed E-state index contributed by atoms with van der Waals surface area (Å²) < 4.78 is 0. The molecule has 0 saturated heterocycles. The van der Waals surface area contributed by atoms with Gasteiger partial charge in [0.2, 0.25) is 0 Å². The molecule has 4 atom stereocenters. The van der Waals surface area contributed by atoms with Crippen LogP contribution in [0, 0.1) is 23.7 Å². The van der Waals surface area contributed by atoms with E-state index in [1.807, 2.05) is 0 Å². The minimum atomic E-state index is -0.0831. The quantitative estimate of drug-likeness (QED) is 0.670. The van der Waals surface area contributed by atoms with Crippen molar-refractivity contribution in [1.29, 1.82) is 0 Å². The van der Waals surface area contributed by atoms with Crippen LogP contribution in [0.25, 0.3) is 0 Å². The highest BCUT2D eigenvalue weighted by Gasteiger charge is 2.45. The SMILES string of the molecule is CC=C1C[C@H]2CC(C(O)C(C)C)[C@@H]1C2. The Hall–Kier alpha value is -0.300. The molecular weight excluding hydrogens is 172 g/mol. The molecule has 1 N–H and O–H groups in total. The van der Waals surface area contributed by atoms with Crippen LogP contribution >= 0.6 is 0 Å². The Morgan fingerprint density at radius 2 is 2.07 bits per heavy atom. The molecule has 2 saturated carbocycles. The molecule has 0 spiro atoms. The molecule has 14 heavy (non-hydrogen) atoms. The van der Waals surface area contributed by atoms with Crippen LogP contribution in [0.1, 0.15) is 40.0 Å². The van der Waals surface area contributed by atoms with Crippen molar-refractivity contribution in [1.82, 2.24) is 0 Å². The Kier molecular flexibility index (Phi) is 2.70. The maximum atomic E-state index is 10.1. The number of allylic oxidation sites excluding steroid dienone is 2. The summed E-state index contributed by atoms with van der Waals surface area (Å²) in [5.41, 5.74) is 1.62. The maximum absolute atomic E-state index is 10.1. The molecule has 0 amide bonds. The average Bonchev–Trinajstić information content (AvgIpc) is 2.74. The van der Waals surface area contributed by atoms with Crippen LogP contribution in [0.3, 0.4) is 0 Å². The van der Waals surface area contributed by atoms with Crippen LogP contribution in [0.5, 0.6) is 0 Å². The predicted molar refractivity (Wildman–Crippen MR) is 58.9 cm³/mol. The molecule has 80 valence electrons. The molecule has 0 heterocycles. The molecule has 1 heteroatoms. The van der Waals surface area contributed by atoms with Crippen LogP contribution in [-0.2, 0) is 0 Å². The zero-order chi connectivity index (χ0) is 10.3. The van der Waals surface area contributed by atoms with Crippen molar-refractivity contribution >= 4 is 0 Å². The van der Waals surface area contributed by atoms with E-state index in [2.05, 4.69) is 26.8 Å². The molecule has 2 aliphatic carbocycles. The van der Waals surface area contributed by atoms with Crippen LogP contribution in [0.4, 0.5) is 0 Å². The number of fused-ring (bicyclic) bond motifs is 2. The van der Waals surface area contributed by atoms with Gasteiger partial charge in [0.25, 0.3) is 0 Å². The summed E-state index contributed by atoms with van der Waals surface area (Å²) in [4.78, 5) is 0. The fraction of sp³-hybridized carbons (Fsp3) is 0.846. The lowest BCUT2D eigenvalue weighted by Gasteiger charge is -2.30. The van der Waals surface area contributed by atoms with E-state index in [9.17, 15) is 5.11 Å². The lowest BCUT2D eigenvalue weighted by atomic mass is 9.78. The molecule has 1 nitrogen and oxygen atoms in total. The van der Waals surface area contributed by atoms with Gasteiger partial charge in [0.05, 0.1) is 6.10 Å². The lowest BCUT2D eigenvalue weighted by Crippen LogP contribution is -2.30. The van der Waals surface area contributed by atoms with E-state index in [1.54, 1.807) is 5.57 Å². The Labute approximate surface area is 87.2 Å². The smallest absolute Gasteiger partial charge is 0.0597 e. The summed E-state index contributed by atoms with van der Waals surface area (Å²) in [6.45, 7) is 6.41. The Bertz CT molecular complexity index is 242. The van der Waals surface area contributed by atoms with E-state index >= 15 is 0 Å². The van der Waals surface area contributed by atoms with Gasteiger partial charge >= 0.3 is 0 Å². The first kappa shape index (κ1) is 10.2. The normalized spacial score (nSPS) is 41.2. The van der Waals surface area contributed by atoms with Gasteiger partial charge in [-0.15, -0.1) is 0 Å². The molecule has 0 aromatic carbocycles. The summed E-state index contributed by atoms with van der Waals surface area (Å²) in [5, 5.41) is 10.1. The van der Waals surface area contributed by atoms with Gasteiger partial charge in [0, 0.05) is 0 Å². The predicted octanol–water partition coefficient (Wildman–Crippen LogP) is 3.00. The number of hydrogen-bond acceptors (Lipinski definition) is 1. The highest BCUT2D eigenvalue weighted by molar-refractivity contribution is 5.19. The second-order valence-corrected chi connectivity index (χ2v) is 5.41. The molecule has 2 aliphatic rings. The van der Waals surface area contributed by atoms with Crippen molar-refractivity contribution in [3.63, 3.8) is 0 Å². The number of rotatable bonds is 2. The summed E-state index contributed by atoms with van der Waals surface area (Å²) in [7, 11) is 0. The van der Waals surface area contributed by atoms with Crippen molar-refractivity contribution in [3.8, 4) is 0 Å². The number of hydrogen-bond donors (Lipinski definition) is 1. The first-order chi connectivity index (χ1) is 6.63. The van der Waals surface area contributed by atoms with Crippen molar-refractivity contribution in [2.24, 2.45) is 23.7 Å². The number of aliphatic hydroxyl groups excluding tert-OH is 1. The van der Waals surface area contributed by atoms with Crippen molar-refractivity contribution in [2.45, 2.75) is 46.1 Å². The van der Waals surface area contributed by atoms with Crippen LogP contribution in [0.15, 0.2) is 11.6 Å². The highest BCUT2D eigenvalue weighted by atomic mass is 16.3. The Balaban J connectivity index is 2.10. The third-order valence-corrected chi connectivity index (χ3v) is 4.20. The molecular formula is C13H22O. The van der Waals surface area contributed by atoms with Gasteiger partial charge in [0.1, 0.15) is 0 Å². The topological polar surface area (TPSA) is 20.2 Å². The fourth-order valence-electron chi connectivity index (χ4n) is 3.46. The maximum Gasteiger partial charge on any atom is 0.0597 e. The van der Waals surface area contributed by atoms with E-state index in [4.69, 9.17) is 0 Å². The Morgan fingerprint density at radius 1 is 1.36 bits per heavy atom. The van der Waals surface area contributed by atoms with E-state index in [0.717, 1.165) is 5.92 Å². The van der Waals surface area contributed by atoms with Crippen LogP contribution in [0.2, 0.25) is 0 Å². The van der Waals surface area contributed by atoms with Gasteiger partial charge < -0.3 is 5.11 Å². The van der Waals surface area contributed by atoms with Gasteiger partial charge in [-0.3, -0.25) is 0 Å². The summed E-state index contributed by atoms with van der Waals surface area (Å²) in [6, 6.07) is 0. The van der Waals surface area contributed by atoms with Gasteiger partial charge in [-0.1, -0.05) is 25.5 Å². The van der Waals surface area contributed by atoms with E-state index in [-0.39, 0.29) is 6.10 Å². The fourth-order valence-corrected chi connectivity index (χ4v) is 3.46. The van der Waals surface area contributed by atoms with Gasteiger partial charge in [0.15, 0.2) is 0 Å². The standard InChI is InChI=1S/C13H22O/c1-4-10-5-9-6-11(10)12(7-9)13(14)8(2)3/h4,8-9,11-14H,5-7H2,1-3H3/t9-,11-,12?,13?/m1/s1. The molecule has 2 unspecified atom stereocenters. The second-order valence-electron chi connectivity index (χ2n) is 5.41. The average molecular weight is 194 g/mol. The minimum Gasteiger partial charge on any atom is -0.393 e. The molecule has 2 rings (SSSR count). The molecule has 2 bridgehead atoms. The lowest BCUT2D eigenvalue weighted by molar-refractivity contribution is 0.0473. The van der Waals surface area contributed by atoms with Crippen molar-refractivity contribution in [2.75, 3.05) is 0 Å². The summed E-state index contributed by atoms with van der Waals surface area (Å²) in [6.07, 6.45) is 6.11. The summed E-state index contributed by atoms with van der Waals surface area (Å²) in [5.74, 6) is 2.56.